The molecule has 21 heavy (non-hydrogen) atoms. The number of likely N-dealkylation sites (tertiary alicyclic amines) is 1. The number of aromatic nitrogens is 3. The molecule has 1 fully saturated rings. The minimum absolute atomic E-state index is 0.0905. The minimum atomic E-state index is -1.26. The SMILES string of the molecule is CCC1(F)CN(C(=O)Cn2ccn3cnc(Br)c3c2=O)C1. The summed E-state index contributed by atoms with van der Waals surface area (Å²) >= 11 is 3.21. The largest absolute Gasteiger partial charge is 0.335 e. The molecule has 0 spiro atoms. The summed E-state index contributed by atoms with van der Waals surface area (Å²) < 4.78 is 17.1. The molecule has 2 aromatic heterocycles. The second-order valence-electron chi connectivity index (χ2n) is 5.28. The number of hydrogen-bond acceptors (Lipinski definition) is 3. The maximum Gasteiger partial charge on any atom is 0.278 e. The number of halogens is 2. The molecule has 0 saturated carbocycles. The summed E-state index contributed by atoms with van der Waals surface area (Å²) in [6.45, 7) is 1.88. The average molecular weight is 357 g/mol. The number of carbonyl (C=O) groups excluding carboxylic acids is 1. The minimum Gasteiger partial charge on any atom is -0.335 e. The summed E-state index contributed by atoms with van der Waals surface area (Å²) in [7, 11) is 0. The summed E-state index contributed by atoms with van der Waals surface area (Å²) in [5, 5.41) is 0. The standard InChI is InChI=1S/C13H14BrFN4O2/c1-2-13(15)6-19(7-13)9(20)5-17-3-4-18-8-16-11(14)10(18)12(17)21/h3-4,8H,2,5-7H2,1H3. The van der Waals surface area contributed by atoms with Gasteiger partial charge >= 0.3 is 0 Å². The van der Waals surface area contributed by atoms with Gasteiger partial charge in [-0.15, -0.1) is 0 Å². The van der Waals surface area contributed by atoms with Crippen LogP contribution in [0.2, 0.25) is 0 Å². The van der Waals surface area contributed by atoms with E-state index in [4.69, 9.17) is 0 Å². The van der Waals surface area contributed by atoms with Gasteiger partial charge in [0.05, 0.1) is 13.1 Å². The molecule has 1 aliphatic heterocycles. The monoisotopic (exact) mass is 356 g/mol. The van der Waals surface area contributed by atoms with Gasteiger partial charge in [-0.05, 0) is 22.4 Å². The molecule has 0 bridgehead atoms. The highest BCUT2D eigenvalue weighted by Gasteiger charge is 2.44. The molecule has 0 aromatic carbocycles. The Bertz CT molecular complexity index is 763. The van der Waals surface area contributed by atoms with Gasteiger partial charge in [0.15, 0.2) is 0 Å². The van der Waals surface area contributed by atoms with Crippen LogP contribution < -0.4 is 5.56 Å². The lowest BCUT2D eigenvalue weighted by atomic mass is 9.93. The highest BCUT2D eigenvalue weighted by molar-refractivity contribution is 9.10. The Balaban J connectivity index is 1.80. The van der Waals surface area contributed by atoms with E-state index in [1.165, 1.54) is 22.0 Å². The van der Waals surface area contributed by atoms with Gasteiger partial charge in [0.25, 0.3) is 5.56 Å². The Hall–Kier alpha value is -1.70. The number of fused-ring (bicyclic) bond motifs is 1. The van der Waals surface area contributed by atoms with Crippen molar-refractivity contribution >= 4 is 27.4 Å². The molecule has 1 saturated heterocycles. The molecule has 112 valence electrons. The summed E-state index contributed by atoms with van der Waals surface area (Å²) in [6.07, 6.45) is 5.10. The number of nitrogens with zero attached hydrogens (tertiary/aromatic N) is 4. The quantitative estimate of drug-likeness (QED) is 0.830. The maximum atomic E-state index is 13.8. The fourth-order valence-electron chi connectivity index (χ4n) is 2.41. The maximum absolute atomic E-state index is 13.8. The van der Waals surface area contributed by atoms with Crippen molar-refractivity contribution in [1.29, 1.82) is 0 Å². The van der Waals surface area contributed by atoms with E-state index >= 15 is 0 Å². The lowest BCUT2D eigenvalue weighted by Crippen LogP contribution is -2.61. The van der Waals surface area contributed by atoms with Crippen LogP contribution in [0.5, 0.6) is 0 Å². The van der Waals surface area contributed by atoms with E-state index in [0.717, 1.165) is 0 Å². The van der Waals surface area contributed by atoms with Gasteiger partial charge in [-0.3, -0.25) is 14.0 Å². The first-order chi connectivity index (χ1) is 9.93. The molecule has 8 heteroatoms. The van der Waals surface area contributed by atoms with Gasteiger partial charge < -0.3 is 9.47 Å². The van der Waals surface area contributed by atoms with E-state index in [-0.39, 0.29) is 31.1 Å². The van der Waals surface area contributed by atoms with Crippen LogP contribution in [0.1, 0.15) is 13.3 Å². The van der Waals surface area contributed by atoms with Crippen molar-refractivity contribution in [1.82, 2.24) is 18.9 Å². The number of hydrogen-bond donors (Lipinski definition) is 0. The first kappa shape index (κ1) is 14.2. The van der Waals surface area contributed by atoms with Crippen molar-refractivity contribution < 1.29 is 9.18 Å². The van der Waals surface area contributed by atoms with Crippen LogP contribution in [0.15, 0.2) is 28.1 Å². The van der Waals surface area contributed by atoms with Crippen LogP contribution in [0.4, 0.5) is 4.39 Å². The summed E-state index contributed by atoms with van der Waals surface area (Å²) in [5.74, 6) is -0.251. The lowest BCUT2D eigenvalue weighted by Gasteiger charge is -2.44. The smallest absolute Gasteiger partial charge is 0.278 e. The highest BCUT2D eigenvalue weighted by atomic mass is 79.9. The van der Waals surface area contributed by atoms with Crippen molar-refractivity contribution in [3.63, 3.8) is 0 Å². The summed E-state index contributed by atoms with van der Waals surface area (Å²) in [6, 6.07) is 0. The van der Waals surface area contributed by atoms with Crippen LogP contribution in [0.3, 0.4) is 0 Å². The molecule has 1 aliphatic rings. The summed E-state index contributed by atoms with van der Waals surface area (Å²) in [5.41, 5.74) is -1.20. The van der Waals surface area contributed by atoms with Gasteiger partial charge in [0, 0.05) is 12.4 Å². The second-order valence-corrected chi connectivity index (χ2v) is 6.03. The zero-order chi connectivity index (χ0) is 15.2. The van der Waals surface area contributed by atoms with E-state index in [0.29, 0.717) is 16.5 Å². The molecule has 6 nitrogen and oxygen atoms in total. The predicted molar refractivity (Wildman–Crippen MR) is 77.9 cm³/mol. The first-order valence-corrected chi connectivity index (χ1v) is 7.41. The Kier molecular flexibility index (Phi) is 3.35. The Morgan fingerprint density at radius 3 is 2.86 bits per heavy atom. The Labute approximate surface area is 128 Å². The van der Waals surface area contributed by atoms with Crippen molar-refractivity contribution in [2.75, 3.05) is 13.1 Å². The van der Waals surface area contributed by atoms with Crippen LogP contribution in [0.25, 0.3) is 5.52 Å². The zero-order valence-corrected chi connectivity index (χ0v) is 13.0. The van der Waals surface area contributed by atoms with E-state index in [1.807, 2.05) is 0 Å². The third-order valence-electron chi connectivity index (χ3n) is 3.86. The van der Waals surface area contributed by atoms with Crippen LogP contribution in [-0.2, 0) is 11.3 Å². The number of amides is 1. The molecule has 0 N–H and O–H groups in total. The lowest BCUT2D eigenvalue weighted by molar-refractivity contribution is -0.146. The van der Waals surface area contributed by atoms with E-state index in [2.05, 4.69) is 20.9 Å². The highest BCUT2D eigenvalue weighted by Crippen LogP contribution is 2.28. The molecule has 3 heterocycles. The molecule has 0 unspecified atom stereocenters. The molecule has 0 aliphatic carbocycles. The molecule has 3 rings (SSSR count). The van der Waals surface area contributed by atoms with Gasteiger partial charge in [-0.2, -0.15) is 0 Å². The third kappa shape index (κ3) is 2.37. The van der Waals surface area contributed by atoms with Crippen molar-refractivity contribution in [2.24, 2.45) is 0 Å². The topological polar surface area (TPSA) is 59.6 Å². The first-order valence-electron chi connectivity index (χ1n) is 6.62. The van der Waals surface area contributed by atoms with E-state index < -0.39 is 5.67 Å². The van der Waals surface area contributed by atoms with E-state index in [1.54, 1.807) is 17.5 Å². The molecule has 2 aromatic rings. The van der Waals surface area contributed by atoms with Crippen molar-refractivity contribution in [2.45, 2.75) is 25.6 Å². The Morgan fingerprint density at radius 2 is 2.19 bits per heavy atom. The molecule has 0 atom stereocenters. The normalized spacial score (nSPS) is 17.0. The molecule has 1 amide bonds. The Morgan fingerprint density at radius 1 is 1.48 bits per heavy atom. The fourth-order valence-corrected chi connectivity index (χ4v) is 2.88. The van der Waals surface area contributed by atoms with Crippen molar-refractivity contribution in [3.8, 4) is 0 Å². The number of carbonyl (C=O) groups is 1. The van der Waals surface area contributed by atoms with E-state index in [9.17, 15) is 14.0 Å². The van der Waals surface area contributed by atoms with Gasteiger partial charge in [-0.25, -0.2) is 9.37 Å². The van der Waals surface area contributed by atoms with Crippen LogP contribution in [0, 0.1) is 0 Å². The second kappa shape index (κ2) is 4.94. The zero-order valence-electron chi connectivity index (χ0n) is 11.4. The van der Waals surface area contributed by atoms with Crippen molar-refractivity contribution in [3.05, 3.63) is 33.7 Å². The molecular weight excluding hydrogens is 343 g/mol. The van der Waals surface area contributed by atoms with Crippen LogP contribution >= 0.6 is 15.9 Å². The van der Waals surface area contributed by atoms with Crippen LogP contribution in [-0.4, -0.2) is 43.5 Å². The number of alkyl halides is 1. The third-order valence-corrected chi connectivity index (χ3v) is 4.44. The van der Waals surface area contributed by atoms with Gasteiger partial charge in [-0.1, -0.05) is 6.92 Å². The number of imidazole rings is 1. The fraction of sp³-hybridized carbons (Fsp3) is 0.462. The average Bonchev–Trinajstić information content (AvgIpc) is 2.80. The molecule has 0 radical (unpaired) electrons. The predicted octanol–water partition coefficient (Wildman–Crippen LogP) is 1.22. The molecular formula is C13H14BrFN4O2. The number of rotatable bonds is 3. The van der Waals surface area contributed by atoms with Gasteiger partial charge in [0.2, 0.25) is 5.91 Å². The summed E-state index contributed by atoms with van der Waals surface area (Å²) in [4.78, 5) is 29.8. The van der Waals surface area contributed by atoms with Gasteiger partial charge in [0.1, 0.15) is 28.7 Å².